The van der Waals surface area contributed by atoms with Crippen molar-refractivity contribution in [1.29, 1.82) is 0 Å². The van der Waals surface area contributed by atoms with Gasteiger partial charge in [-0.2, -0.15) is 0 Å². The molecule has 1 aliphatic carbocycles. The number of aliphatic hydroxyl groups is 2. The van der Waals surface area contributed by atoms with Crippen LogP contribution in [0.1, 0.15) is 71.6 Å². The minimum Gasteiger partial charge on any atom is -0.481 e. The monoisotopic (exact) mass is 366 g/mol. The number of allylic oxidation sites excluding steroid dienone is 2. The standard InChI is InChI=1S/C21H34O5/c1-3-4-13-21(2,26)14-9-11-17-16(18(22)15-19(17)23)10-7-5-6-8-12-20(24)25/h5,7,9,11,16-17,19,23,26H,3-4,6,8,10,12-15H2,1-2H3,(H,24,25)/t16-,17-,19-,21+/m1/s1. The van der Waals surface area contributed by atoms with E-state index in [2.05, 4.69) is 6.92 Å². The molecule has 1 fully saturated rings. The molecule has 1 rings (SSSR count). The highest BCUT2D eigenvalue weighted by Crippen LogP contribution is 2.33. The van der Waals surface area contributed by atoms with Crippen LogP contribution >= 0.6 is 0 Å². The number of unbranched alkanes of at least 4 members (excludes halogenated alkanes) is 2. The Balaban J connectivity index is 2.53. The van der Waals surface area contributed by atoms with Crippen LogP contribution in [0.3, 0.4) is 0 Å². The molecule has 0 aromatic heterocycles. The Kier molecular flexibility index (Phi) is 9.81. The van der Waals surface area contributed by atoms with Gasteiger partial charge in [-0.1, -0.05) is 44.1 Å². The van der Waals surface area contributed by atoms with Crippen molar-refractivity contribution in [1.82, 2.24) is 0 Å². The van der Waals surface area contributed by atoms with Crippen LogP contribution in [0.5, 0.6) is 0 Å². The molecule has 0 aliphatic heterocycles. The van der Waals surface area contributed by atoms with E-state index in [1.165, 1.54) is 0 Å². The third-order valence-corrected chi connectivity index (χ3v) is 5.04. The van der Waals surface area contributed by atoms with Crippen molar-refractivity contribution < 1.29 is 24.9 Å². The molecule has 1 aliphatic rings. The van der Waals surface area contributed by atoms with E-state index in [9.17, 15) is 19.8 Å². The summed E-state index contributed by atoms with van der Waals surface area (Å²) in [5, 5.41) is 29.1. The first-order valence-electron chi connectivity index (χ1n) is 9.73. The lowest BCUT2D eigenvalue weighted by Crippen LogP contribution is -2.23. The Hall–Kier alpha value is -1.46. The number of aliphatic hydroxyl groups excluding tert-OH is 1. The number of hydrogen-bond donors (Lipinski definition) is 3. The minimum atomic E-state index is -0.799. The van der Waals surface area contributed by atoms with E-state index in [0.717, 1.165) is 19.3 Å². The number of carbonyl (C=O) groups excluding carboxylic acids is 1. The van der Waals surface area contributed by atoms with Gasteiger partial charge in [-0.15, -0.1) is 0 Å². The first-order chi connectivity index (χ1) is 12.3. The van der Waals surface area contributed by atoms with Crippen molar-refractivity contribution in [3.63, 3.8) is 0 Å². The van der Waals surface area contributed by atoms with Gasteiger partial charge in [0.05, 0.1) is 11.7 Å². The van der Waals surface area contributed by atoms with Gasteiger partial charge in [0.25, 0.3) is 0 Å². The summed E-state index contributed by atoms with van der Waals surface area (Å²) in [6.45, 7) is 3.91. The highest BCUT2D eigenvalue weighted by Gasteiger charge is 2.39. The quantitative estimate of drug-likeness (QED) is 0.362. The van der Waals surface area contributed by atoms with Gasteiger partial charge in [-0.25, -0.2) is 0 Å². The lowest BCUT2D eigenvalue weighted by molar-refractivity contribution is -0.137. The van der Waals surface area contributed by atoms with Crippen molar-refractivity contribution in [2.45, 2.75) is 83.3 Å². The maximum atomic E-state index is 12.2. The van der Waals surface area contributed by atoms with Gasteiger partial charge in [0.15, 0.2) is 0 Å². The van der Waals surface area contributed by atoms with Crippen LogP contribution in [0, 0.1) is 11.8 Å². The summed E-state index contributed by atoms with van der Waals surface area (Å²) in [6, 6.07) is 0. The Morgan fingerprint density at radius 2 is 2.00 bits per heavy atom. The average Bonchev–Trinajstić information content (AvgIpc) is 2.82. The van der Waals surface area contributed by atoms with Crippen molar-refractivity contribution in [2.75, 3.05) is 0 Å². The van der Waals surface area contributed by atoms with Gasteiger partial charge in [0, 0.05) is 24.7 Å². The summed E-state index contributed by atoms with van der Waals surface area (Å²) in [6.07, 6.45) is 12.4. The van der Waals surface area contributed by atoms with Gasteiger partial charge in [0.2, 0.25) is 0 Å². The van der Waals surface area contributed by atoms with Crippen LogP contribution in [-0.4, -0.2) is 38.8 Å². The molecule has 26 heavy (non-hydrogen) atoms. The van der Waals surface area contributed by atoms with Gasteiger partial charge in [0.1, 0.15) is 5.78 Å². The summed E-state index contributed by atoms with van der Waals surface area (Å²) < 4.78 is 0. The van der Waals surface area contributed by atoms with E-state index >= 15 is 0 Å². The molecule has 0 bridgehead atoms. The van der Waals surface area contributed by atoms with E-state index in [0.29, 0.717) is 25.7 Å². The summed E-state index contributed by atoms with van der Waals surface area (Å²) in [7, 11) is 0. The third-order valence-electron chi connectivity index (χ3n) is 5.04. The van der Waals surface area contributed by atoms with Crippen molar-refractivity contribution in [3.8, 4) is 0 Å². The smallest absolute Gasteiger partial charge is 0.303 e. The molecule has 4 atom stereocenters. The van der Waals surface area contributed by atoms with E-state index in [-0.39, 0.29) is 30.5 Å². The molecule has 5 nitrogen and oxygen atoms in total. The number of rotatable bonds is 12. The number of carbonyl (C=O) groups is 2. The fourth-order valence-electron chi connectivity index (χ4n) is 3.40. The fourth-order valence-corrected chi connectivity index (χ4v) is 3.40. The highest BCUT2D eigenvalue weighted by molar-refractivity contribution is 5.84. The largest absolute Gasteiger partial charge is 0.481 e. The number of ketones is 1. The molecule has 0 aromatic carbocycles. The zero-order valence-corrected chi connectivity index (χ0v) is 16.1. The van der Waals surface area contributed by atoms with Gasteiger partial charge in [-0.05, 0) is 39.0 Å². The molecule has 0 saturated heterocycles. The number of carboxylic acid groups (broad SMARTS) is 1. The number of carboxylic acids is 1. The second-order valence-electron chi connectivity index (χ2n) is 7.65. The van der Waals surface area contributed by atoms with Crippen LogP contribution in [0.15, 0.2) is 24.3 Å². The zero-order chi connectivity index (χ0) is 19.6. The minimum absolute atomic E-state index is 0.0695. The summed E-state index contributed by atoms with van der Waals surface area (Å²) in [4.78, 5) is 22.6. The summed E-state index contributed by atoms with van der Waals surface area (Å²) >= 11 is 0. The highest BCUT2D eigenvalue weighted by atomic mass is 16.4. The molecule has 1 saturated carbocycles. The van der Waals surface area contributed by atoms with E-state index in [4.69, 9.17) is 5.11 Å². The molecular formula is C21H34O5. The first-order valence-corrected chi connectivity index (χ1v) is 9.73. The van der Waals surface area contributed by atoms with Crippen LogP contribution in [0.2, 0.25) is 0 Å². The van der Waals surface area contributed by atoms with Crippen molar-refractivity contribution >= 4 is 11.8 Å². The maximum Gasteiger partial charge on any atom is 0.303 e. The molecule has 0 aromatic rings. The number of aliphatic carboxylic acids is 1. The average molecular weight is 366 g/mol. The second-order valence-corrected chi connectivity index (χ2v) is 7.65. The van der Waals surface area contributed by atoms with Gasteiger partial charge < -0.3 is 15.3 Å². The normalized spacial score (nSPS) is 26.0. The fraction of sp³-hybridized carbons (Fsp3) is 0.714. The molecule has 0 heterocycles. The van der Waals surface area contributed by atoms with E-state index in [1.807, 2.05) is 31.2 Å². The van der Waals surface area contributed by atoms with Crippen molar-refractivity contribution in [3.05, 3.63) is 24.3 Å². The lowest BCUT2D eigenvalue weighted by Gasteiger charge is -2.22. The lowest BCUT2D eigenvalue weighted by atomic mass is 9.89. The number of hydrogen-bond acceptors (Lipinski definition) is 4. The maximum absolute atomic E-state index is 12.2. The molecule has 0 spiro atoms. The predicted molar refractivity (Wildman–Crippen MR) is 102 cm³/mol. The van der Waals surface area contributed by atoms with Gasteiger partial charge >= 0.3 is 5.97 Å². The van der Waals surface area contributed by atoms with Crippen LogP contribution < -0.4 is 0 Å². The van der Waals surface area contributed by atoms with Crippen LogP contribution in [-0.2, 0) is 9.59 Å². The van der Waals surface area contributed by atoms with E-state index < -0.39 is 17.7 Å². The first kappa shape index (κ1) is 22.6. The second kappa shape index (κ2) is 11.3. The zero-order valence-electron chi connectivity index (χ0n) is 16.1. The van der Waals surface area contributed by atoms with Crippen molar-refractivity contribution in [2.24, 2.45) is 11.8 Å². The number of Topliss-reactive ketones (excluding diaryl/α,β-unsaturated/α-hetero) is 1. The Morgan fingerprint density at radius 1 is 1.27 bits per heavy atom. The molecular weight excluding hydrogens is 332 g/mol. The SMILES string of the molecule is CCCC[C@](C)(O)CC=C[C@H]1[C@H](O)CC(=O)[C@@H]1CC=CCCCC(=O)O. The topological polar surface area (TPSA) is 94.8 Å². The van der Waals surface area contributed by atoms with Gasteiger partial charge in [-0.3, -0.25) is 9.59 Å². The van der Waals surface area contributed by atoms with E-state index in [1.54, 1.807) is 0 Å². The molecule has 0 amide bonds. The molecule has 3 N–H and O–H groups in total. The third kappa shape index (κ3) is 8.28. The Bertz CT molecular complexity index is 507. The Morgan fingerprint density at radius 3 is 2.65 bits per heavy atom. The predicted octanol–water partition coefficient (Wildman–Crippen LogP) is 3.64. The molecule has 0 unspecified atom stereocenters. The molecule has 5 heteroatoms. The molecule has 148 valence electrons. The van der Waals surface area contributed by atoms with Crippen LogP contribution in [0.4, 0.5) is 0 Å². The summed E-state index contributed by atoms with van der Waals surface area (Å²) in [5.74, 6) is -1.18. The molecule has 0 radical (unpaired) electrons. The Labute approximate surface area is 156 Å². The van der Waals surface area contributed by atoms with Crippen LogP contribution in [0.25, 0.3) is 0 Å². The summed E-state index contributed by atoms with van der Waals surface area (Å²) in [5.41, 5.74) is -0.750.